The topological polar surface area (TPSA) is 79.5 Å². The Morgan fingerprint density at radius 3 is 2.52 bits per heavy atom. The highest BCUT2D eigenvalue weighted by Gasteiger charge is 2.30. The summed E-state index contributed by atoms with van der Waals surface area (Å²) in [6.45, 7) is 8.46. The Morgan fingerprint density at radius 1 is 1.21 bits per heavy atom. The molecule has 3 rings (SSSR count). The van der Waals surface area contributed by atoms with E-state index in [1.165, 1.54) is 11.8 Å². The van der Waals surface area contributed by atoms with Gasteiger partial charge in [-0.25, -0.2) is 0 Å². The van der Waals surface area contributed by atoms with Crippen molar-refractivity contribution < 1.29 is 14.1 Å². The van der Waals surface area contributed by atoms with Crippen LogP contribution in [0.1, 0.15) is 48.8 Å². The van der Waals surface area contributed by atoms with Gasteiger partial charge in [-0.15, -0.1) is 11.8 Å². The third kappa shape index (κ3) is 5.18. The summed E-state index contributed by atoms with van der Waals surface area (Å²) in [5.74, 6) is 1.95. The van der Waals surface area contributed by atoms with Crippen LogP contribution in [0.2, 0.25) is 0 Å². The fourth-order valence-electron chi connectivity index (χ4n) is 3.60. The van der Waals surface area contributed by atoms with Crippen molar-refractivity contribution in [2.45, 2.75) is 44.3 Å². The van der Waals surface area contributed by atoms with Crippen LogP contribution in [-0.2, 0) is 10.5 Å². The largest absolute Gasteiger partial charge is 0.343 e. The lowest BCUT2D eigenvalue weighted by Crippen LogP contribution is -2.44. The zero-order valence-electron chi connectivity index (χ0n) is 17.3. The monoisotopic (exact) mass is 416 g/mol. The van der Waals surface area contributed by atoms with Gasteiger partial charge in [0.1, 0.15) is 0 Å². The normalized spacial score (nSPS) is 14.8. The van der Waals surface area contributed by atoms with E-state index in [-0.39, 0.29) is 17.7 Å². The molecule has 2 aromatic rings. The molecule has 8 heteroatoms. The van der Waals surface area contributed by atoms with E-state index in [1.54, 1.807) is 6.92 Å². The summed E-state index contributed by atoms with van der Waals surface area (Å²) in [5, 5.41) is 3.91. The van der Waals surface area contributed by atoms with Crippen LogP contribution < -0.4 is 0 Å². The van der Waals surface area contributed by atoms with Crippen LogP contribution >= 0.6 is 11.8 Å². The number of thioether (sulfide) groups is 1. The van der Waals surface area contributed by atoms with Crippen LogP contribution in [0.15, 0.2) is 33.7 Å². The summed E-state index contributed by atoms with van der Waals surface area (Å²) in [7, 11) is 0. The predicted molar refractivity (Wildman–Crippen MR) is 112 cm³/mol. The summed E-state index contributed by atoms with van der Waals surface area (Å²) in [5.41, 5.74) is 0.686. The van der Waals surface area contributed by atoms with Gasteiger partial charge >= 0.3 is 0 Å². The van der Waals surface area contributed by atoms with Gasteiger partial charge in [-0.05, 0) is 38.8 Å². The molecule has 0 unspecified atom stereocenters. The van der Waals surface area contributed by atoms with Gasteiger partial charge in [0, 0.05) is 43.9 Å². The van der Waals surface area contributed by atoms with Crippen LogP contribution in [0.5, 0.6) is 0 Å². The number of hydrogen-bond donors (Lipinski definition) is 0. The fourth-order valence-corrected chi connectivity index (χ4v) is 4.49. The summed E-state index contributed by atoms with van der Waals surface area (Å²) in [6, 6.07) is 7.61. The standard InChI is InChI=1S/C21H28N4O3S/c1-4-24(5-2)20(26)16-10-12-25(13-11-16)21(27)17-8-6-7-9-18(17)29-14-19-22-15(3)28-23-19/h6-9,16H,4-5,10-14H2,1-3H3. The second-order valence-corrected chi connectivity index (χ2v) is 8.11. The number of rotatable bonds is 7. The Labute approximate surface area is 175 Å². The number of piperidine rings is 1. The molecule has 1 saturated heterocycles. The van der Waals surface area contributed by atoms with Crippen LogP contribution in [0.3, 0.4) is 0 Å². The first-order valence-corrected chi connectivity index (χ1v) is 11.1. The van der Waals surface area contributed by atoms with E-state index in [0.717, 1.165) is 30.8 Å². The van der Waals surface area contributed by atoms with Gasteiger partial charge in [-0.2, -0.15) is 4.98 Å². The molecule has 2 heterocycles. The second-order valence-electron chi connectivity index (χ2n) is 7.09. The fraction of sp³-hybridized carbons (Fsp3) is 0.524. The Bertz CT molecular complexity index is 842. The van der Waals surface area contributed by atoms with Gasteiger partial charge in [-0.3, -0.25) is 9.59 Å². The molecule has 1 aliphatic heterocycles. The summed E-state index contributed by atoms with van der Waals surface area (Å²) in [4.78, 5) is 34.6. The van der Waals surface area contributed by atoms with Crippen LogP contribution in [0.25, 0.3) is 0 Å². The molecule has 0 radical (unpaired) electrons. The predicted octanol–water partition coefficient (Wildman–Crippen LogP) is 3.39. The molecular weight excluding hydrogens is 388 g/mol. The average Bonchev–Trinajstić information content (AvgIpc) is 3.18. The van der Waals surface area contributed by atoms with Gasteiger partial charge in [0.05, 0.1) is 11.3 Å². The number of hydrogen-bond acceptors (Lipinski definition) is 6. The van der Waals surface area contributed by atoms with Gasteiger partial charge in [-0.1, -0.05) is 17.3 Å². The molecule has 1 fully saturated rings. The zero-order valence-corrected chi connectivity index (χ0v) is 18.1. The third-order valence-corrected chi connectivity index (χ3v) is 6.32. The molecule has 0 saturated carbocycles. The molecule has 0 atom stereocenters. The number of carbonyl (C=O) groups is 2. The Morgan fingerprint density at radius 2 is 1.90 bits per heavy atom. The molecule has 0 bridgehead atoms. The van der Waals surface area contributed by atoms with Crippen LogP contribution in [-0.4, -0.2) is 57.9 Å². The van der Waals surface area contributed by atoms with E-state index in [1.807, 2.05) is 47.9 Å². The van der Waals surface area contributed by atoms with Crippen molar-refractivity contribution in [3.05, 3.63) is 41.5 Å². The molecule has 0 spiro atoms. The van der Waals surface area contributed by atoms with Crippen molar-refractivity contribution in [1.82, 2.24) is 19.9 Å². The maximum Gasteiger partial charge on any atom is 0.254 e. The van der Waals surface area contributed by atoms with E-state index in [0.29, 0.717) is 36.1 Å². The van der Waals surface area contributed by atoms with Crippen LogP contribution in [0, 0.1) is 12.8 Å². The molecule has 1 aromatic heterocycles. The number of likely N-dealkylation sites (tertiary alicyclic amines) is 1. The molecule has 0 aliphatic carbocycles. The van der Waals surface area contributed by atoms with Crippen LogP contribution in [0.4, 0.5) is 0 Å². The molecule has 29 heavy (non-hydrogen) atoms. The first-order chi connectivity index (χ1) is 14.0. The van der Waals surface area contributed by atoms with Gasteiger partial charge in [0.25, 0.3) is 5.91 Å². The molecule has 2 amide bonds. The Kier molecular flexibility index (Phi) is 7.30. The van der Waals surface area contributed by atoms with Gasteiger partial charge in [0.15, 0.2) is 5.82 Å². The van der Waals surface area contributed by atoms with Gasteiger partial charge in [0.2, 0.25) is 11.8 Å². The average molecular weight is 417 g/mol. The van der Waals surface area contributed by atoms with Crippen molar-refractivity contribution >= 4 is 23.6 Å². The van der Waals surface area contributed by atoms with Crippen molar-refractivity contribution in [3.63, 3.8) is 0 Å². The minimum absolute atomic E-state index is 0.0186. The SMILES string of the molecule is CCN(CC)C(=O)C1CCN(C(=O)c2ccccc2SCc2noc(C)n2)CC1. The third-order valence-electron chi connectivity index (χ3n) is 5.25. The maximum atomic E-state index is 13.1. The number of amides is 2. The summed E-state index contributed by atoms with van der Waals surface area (Å²) >= 11 is 1.53. The van der Waals surface area contributed by atoms with E-state index in [4.69, 9.17) is 4.52 Å². The van der Waals surface area contributed by atoms with E-state index in [2.05, 4.69) is 10.1 Å². The Balaban J connectivity index is 1.62. The van der Waals surface area contributed by atoms with Crippen molar-refractivity contribution in [1.29, 1.82) is 0 Å². The molecule has 1 aromatic carbocycles. The Hall–Kier alpha value is -2.35. The first-order valence-electron chi connectivity index (χ1n) is 10.1. The number of aryl methyl sites for hydroxylation is 1. The summed E-state index contributed by atoms with van der Waals surface area (Å²) < 4.78 is 5.01. The van der Waals surface area contributed by atoms with E-state index >= 15 is 0 Å². The number of carbonyl (C=O) groups excluding carboxylic acids is 2. The van der Waals surface area contributed by atoms with Gasteiger partial charge < -0.3 is 14.3 Å². The maximum absolute atomic E-state index is 13.1. The first kappa shape index (κ1) is 21.4. The highest BCUT2D eigenvalue weighted by Crippen LogP contribution is 2.28. The quantitative estimate of drug-likeness (QED) is 0.644. The minimum atomic E-state index is 0.0186. The second kappa shape index (κ2) is 9.91. The number of benzene rings is 1. The van der Waals surface area contributed by atoms with E-state index < -0.39 is 0 Å². The smallest absolute Gasteiger partial charge is 0.254 e. The highest BCUT2D eigenvalue weighted by molar-refractivity contribution is 7.98. The van der Waals surface area contributed by atoms with Crippen molar-refractivity contribution in [2.75, 3.05) is 26.2 Å². The van der Waals surface area contributed by atoms with E-state index in [9.17, 15) is 9.59 Å². The summed E-state index contributed by atoms with van der Waals surface area (Å²) in [6.07, 6.45) is 1.44. The van der Waals surface area contributed by atoms with Crippen molar-refractivity contribution in [3.8, 4) is 0 Å². The molecule has 1 aliphatic rings. The lowest BCUT2D eigenvalue weighted by molar-refractivity contribution is -0.136. The number of nitrogens with zero attached hydrogens (tertiary/aromatic N) is 4. The highest BCUT2D eigenvalue weighted by atomic mass is 32.2. The molecule has 7 nitrogen and oxygen atoms in total. The lowest BCUT2D eigenvalue weighted by Gasteiger charge is -2.34. The molecule has 0 N–H and O–H groups in total. The molecular formula is C21H28N4O3S. The van der Waals surface area contributed by atoms with Crippen molar-refractivity contribution in [2.24, 2.45) is 5.92 Å². The zero-order chi connectivity index (χ0) is 20.8. The lowest BCUT2D eigenvalue weighted by atomic mass is 9.94. The number of aromatic nitrogens is 2. The minimum Gasteiger partial charge on any atom is -0.343 e. The molecule has 156 valence electrons.